The fraction of sp³-hybridized carbons (Fsp3) is 0.833. The SMILES string of the molecule is CCCCN=C(N)NC(=N)N.Cl.N[C@@H]1[C@@H](O)[C@H](O)[C@@H](CO)O[C@H]1O. The predicted molar refractivity (Wildman–Crippen MR) is 91.6 cm³/mol. The summed E-state index contributed by atoms with van der Waals surface area (Å²) in [4.78, 5) is 3.92. The van der Waals surface area contributed by atoms with Gasteiger partial charge < -0.3 is 42.4 Å². The Morgan fingerprint density at radius 2 is 1.83 bits per heavy atom. The van der Waals surface area contributed by atoms with Gasteiger partial charge in [0.05, 0.1) is 12.6 Å². The molecule has 0 saturated carbocycles. The second kappa shape index (κ2) is 13.1. The van der Waals surface area contributed by atoms with E-state index in [1.54, 1.807) is 0 Å². The summed E-state index contributed by atoms with van der Waals surface area (Å²) in [5, 5.41) is 45.3. The molecule has 0 bridgehead atoms. The molecule has 0 aromatic rings. The molecule has 1 rings (SSSR count). The minimum Gasteiger partial charge on any atom is -0.394 e. The molecular weight excluding hydrogens is 344 g/mol. The Labute approximate surface area is 146 Å². The zero-order chi connectivity index (χ0) is 18.0. The average molecular weight is 373 g/mol. The van der Waals surface area contributed by atoms with Crippen LogP contribution in [-0.4, -0.2) is 76.1 Å². The number of unbranched alkanes of at least 4 members (excludes halogenated alkanes) is 1. The van der Waals surface area contributed by atoms with Gasteiger partial charge in [-0.05, 0) is 6.42 Å². The van der Waals surface area contributed by atoms with Crippen molar-refractivity contribution >= 4 is 24.3 Å². The molecule has 11 nitrogen and oxygen atoms in total. The highest BCUT2D eigenvalue weighted by Gasteiger charge is 2.41. The Kier molecular flexibility index (Phi) is 13.7. The average Bonchev–Trinajstić information content (AvgIpc) is 2.49. The number of hydrogen-bond donors (Lipinski definition) is 9. The number of ether oxygens (including phenoxy) is 1. The summed E-state index contributed by atoms with van der Waals surface area (Å²) in [6.45, 7) is 2.29. The molecule has 1 fully saturated rings. The molecule has 1 heterocycles. The van der Waals surface area contributed by atoms with Gasteiger partial charge in [-0.15, -0.1) is 12.4 Å². The summed E-state index contributed by atoms with van der Waals surface area (Å²) in [5.74, 6) is 0.0358. The maximum atomic E-state index is 9.20. The van der Waals surface area contributed by atoms with E-state index in [1.165, 1.54) is 0 Å². The van der Waals surface area contributed by atoms with Crippen LogP contribution in [-0.2, 0) is 4.74 Å². The van der Waals surface area contributed by atoms with Crippen LogP contribution >= 0.6 is 12.4 Å². The van der Waals surface area contributed by atoms with Crippen molar-refractivity contribution in [3.63, 3.8) is 0 Å². The Hall–Kier alpha value is -1.21. The van der Waals surface area contributed by atoms with Crippen LogP contribution < -0.4 is 22.5 Å². The number of nitrogens with zero attached hydrogens (tertiary/aromatic N) is 1. The first kappa shape index (κ1) is 25.0. The number of halogens is 1. The summed E-state index contributed by atoms with van der Waals surface area (Å²) >= 11 is 0. The molecule has 5 atom stereocenters. The molecule has 0 amide bonds. The third-order valence-corrected chi connectivity index (χ3v) is 3.01. The lowest BCUT2D eigenvalue weighted by atomic mass is 9.98. The van der Waals surface area contributed by atoms with E-state index in [4.69, 9.17) is 37.6 Å². The normalized spacial score (nSPS) is 29.8. The van der Waals surface area contributed by atoms with Crippen LogP contribution in [0.3, 0.4) is 0 Å². The van der Waals surface area contributed by atoms with Gasteiger partial charge in [0.1, 0.15) is 18.3 Å². The zero-order valence-corrected chi connectivity index (χ0v) is 14.3. The highest BCUT2D eigenvalue weighted by atomic mass is 35.5. The molecule has 0 radical (unpaired) electrons. The summed E-state index contributed by atoms with van der Waals surface area (Å²) in [5.41, 5.74) is 15.6. The number of aliphatic imine (C=N–C) groups is 1. The maximum absolute atomic E-state index is 9.20. The standard InChI is InChI=1S/C6H15N5.C6H13NO5.ClH/c1-2-3-4-10-6(9)11-5(7)8;7-3-5(10)4(9)2(1-8)12-6(3)11;/h2-4H2,1H3,(H6,7,8,9,10,11);2-6,8-11H,1,7H2;1H/t;2-,3-,4-,5-,6-;/m.1./s1. The molecule has 1 aliphatic rings. The Bertz CT molecular complexity index is 384. The van der Waals surface area contributed by atoms with E-state index in [-0.39, 0.29) is 24.3 Å². The monoisotopic (exact) mass is 372 g/mol. The summed E-state index contributed by atoms with van der Waals surface area (Å²) in [6, 6.07) is -1.04. The minimum absolute atomic E-state index is 0. The van der Waals surface area contributed by atoms with E-state index in [0.717, 1.165) is 12.8 Å². The quantitative estimate of drug-likeness (QED) is 0.137. The highest BCUT2D eigenvalue weighted by Crippen LogP contribution is 2.17. The third kappa shape index (κ3) is 9.17. The van der Waals surface area contributed by atoms with Crippen LogP contribution in [0.4, 0.5) is 0 Å². The zero-order valence-electron chi connectivity index (χ0n) is 13.5. The molecule has 0 aliphatic carbocycles. The largest absolute Gasteiger partial charge is 0.394 e. The molecule has 0 aromatic heterocycles. The summed E-state index contributed by atoms with van der Waals surface area (Å²) in [6.07, 6.45) is -2.77. The Balaban J connectivity index is 0. The Morgan fingerprint density at radius 3 is 2.29 bits per heavy atom. The lowest BCUT2D eigenvalue weighted by molar-refractivity contribution is -0.248. The van der Waals surface area contributed by atoms with Crippen molar-refractivity contribution in [3.8, 4) is 0 Å². The van der Waals surface area contributed by atoms with Gasteiger partial charge >= 0.3 is 0 Å². The number of nitrogens with one attached hydrogen (secondary N) is 2. The number of aliphatic hydroxyl groups is 4. The van der Waals surface area contributed by atoms with Crippen LogP contribution in [0, 0.1) is 5.41 Å². The van der Waals surface area contributed by atoms with Crippen LogP contribution in [0.25, 0.3) is 0 Å². The van der Waals surface area contributed by atoms with Crippen molar-refractivity contribution in [3.05, 3.63) is 0 Å². The lowest BCUT2D eigenvalue weighted by Gasteiger charge is -2.38. The van der Waals surface area contributed by atoms with E-state index in [9.17, 15) is 10.2 Å². The first-order valence-electron chi connectivity index (χ1n) is 7.21. The molecule has 0 unspecified atom stereocenters. The van der Waals surface area contributed by atoms with Gasteiger partial charge in [0.25, 0.3) is 0 Å². The molecule has 1 aliphatic heterocycles. The lowest BCUT2D eigenvalue weighted by Crippen LogP contribution is -2.61. The molecule has 24 heavy (non-hydrogen) atoms. The first-order valence-corrected chi connectivity index (χ1v) is 7.21. The van der Waals surface area contributed by atoms with Crippen LogP contribution in [0.15, 0.2) is 4.99 Å². The second-order valence-electron chi connectivity index (χ2n) is 4.97. The number of aliphatic hydroxyl groups excluding tert-OH is 4. The van der Waals surface area contributed by atoms with E-state index in [1.807, 2.05) is 0 Å². The van der Waals surface area contributed by atoms with Crippen molar-refractivity contribution in [2.75, 3.05) is 13.2 Å². The van der Waals surface area contributed by atoms with Crippen molar-refractivity contribution in [2.45, 2.75) is 50.4 Å². The fourth-order valence-corrected chi connectivity index (χ4v) is 1.65. The predicted octanol–water partition coefficient (Wildman–Crippen LogP) is -3.25. The van der Waals surface area contributed by atoms with Gasteiger partial charge in [-0.1, -0.05) is 13.3 Å². The fourth-order valence-electron chi connectivity index (χ4n) is 1.65. The maximum Gasteiger partial charge on any atom is 0.195 e. The van der Waals surface area contributed by atoms with E-state index < -0.39 is 37.3 Å². The molecule has 12 heteroatoms. The number of rotatable bonds is 4. The molecule has 12 N–H and O–H groups in total. The van der Waals surface area contributed by atoms with Gasteiger partial charge in [-0.25, -0.2) is 0 Å². The molecule has 144 valence electrons. The summed E-state index contributed by atoms with van der Waals surface area (Å²) in [7, 11) is 0. The molecule has 1 saturated heterocycles. The van der Waals surface area contributed by atoms with Crippen molar-refractivity contribution in [1.82, 2.24) is 5.32 Å². The molecule has 0 aromatic carbocycles. The topological polar surface area (TPSA) is 216 Å². The van der Waals surface area contributed by atoms with Gasteiger partial charge in [0, 0.05) is 6.54 Å². The van der Waals surface area contributed by atoms with E-state index in [0.29, 0.717) is 6.54 Å². The Morgan fingerprint density at radius 1 is 1.25 bits per heavy atom. The summed E-state index contributed by atoms with van der Waals surface area (Å²) < 4.78 is 4.70. The van der Waals surface area contributed by atoms with E-state index >= 15 is 0 Å². The first-order chi connectivity index (χ1) is 10.7. The minimum atomic E-state index is -1.35. The van der Waals surface area contributed by atoms with Crippen molar-refractivity contribution < 1.29 is 25.2 Å². The van der Waals surface area contributed by atoms with Gasteiger partial charge in [0.2, 0.25) is 0 Å². The van der Waals surface area contributed by atoms with Gasteiger partial charge in [0.15, 0.2) is 18.2 Å². The molecule has 0 spiro atoms. The third-order valence-electron chi connectivity index (χ3n) is 3.01. The second-order valence-corrected chi connectivity index (χ2v) is 4.97. The van der Waals surface area contributed by atoms with Gasteiger partial charge in [-0.2, -0.15) is 0 Å². The molecular formula is C12H29ClN6O5. The van der Waals surface area contributed by atoms with Crippen molar-refractivity contribution in [2.24, 2.45) is 22.2 Å². The number of nitrogens with two attached hydrogens (primary N) is 3. The van der Waals surface area contributed by atoms with Crippen molar-refractivity contribution in [1.29, 1.82) is 5.41 Å². The highest BCUT2D eigenvalue weighted by molar-refractivity contribution is 5.95. The number of hydrogen-bond acceptors (Lipinski definition) is 8. The van der Waals surface area contributed by atoms with Gasteiger partial charge in [-0.3, -0.25) is 15.7 Å². The number of guanidine groups is 2. The smallest absolute Gasteiger partial charge is 0.195 e. The van der Waals surface area contributed by atoms with Crippen LogP contribution in [0.2, 0.25) is 0 Å². The van der Waals surface area contributed by atoms with Crippen LogP contribution in [0.1, 0.15) is 19.8 Å². The van der Waals surface area contributed by atoms with Crippen LogP contribution in [0.5, 0.6) is 0 Å². The van der Waals surface area contributed by atoms with E-state index in [2.05, 4.69) is 17.2 Å².